The van der Waals surface area contributed by atoms with Crippen molar-refractivity contribution in [1.82, 2.24) is 0 Å². The van der Waals surface area contributed by atoms with E-state index in [0.717, 1.165) is 0 Å². The Morgan fingerprint density at radius 3 is 2.63 bits per heavy atom. The molecule has 0 aromatic heterocycles. The average molecular weight is 331 g/mol. The average Bonchev–Trinajstić information content (AvgIpc) is 2.26. The van der Waals surface area contributed by atoms with Gasteiger partial charge in [-0.25, -0.2) is 0 Å². The van der Waals surface area contributed by atoms with Crippen LogP contribution in [0, 0.1) is 16.0 Å². The van der Waals surface area contributed by atoms with Crippen LogP contribution in [0.1, 0.15) is 13.8 Å². The molecule has 1 aromatic carbocycles. The topological polar surface area (TPSA) is 83.7 Å². The van der Waals surface area contributed by atoms with Gasteiger partial charge in [0.15, 0.2) is 0 Å². The lowest BCUT2D eigenvalue weighted by atomic mass is 10.1. The molecule has 0 saturated carbocycles. The molecule has 6 nitrogen and oxygen atoms in total. The Hall–Kier alpha value is -1.63. The molecule has 0 bridgehead atoms. The SMILES string of the molecule is CC(C)CN(CC(=O)O)c1ccc(Br)cc1[N+](=O)[O-]. The zero-order valence-corrected chi connectivity index (χ0v) is 12.3. The molecule has 0 spiro atoms. The van der Waals surface area contributed by atoms with Crippen LogP contribution >= 0.6 is 15.9 Å². The number of benzene rings is 1. The molecular weight excluding hydrogens is 316 g/mol. The first-order valence-electron chi connectivity index (χ1n) is 5.72. The number of halogens is 1. The van der Waals surface area contributed by atoms with Crippen molar-refractivity contribution in [1.29, 1.82) is 0 Å². The fourth-order valence-corrected chi connectivity index (χ4v) is 2.11. The number of nitro groups is 1. The van der Waals surface area contributed by atoms with Crippen LogP contribution in [0.4, 0.5) is 11.4 Å². The number of carbonyl (C=O) groups is 1. The molecule has 1 rings (SSSR count). The summed E-state index contributed by atoms with van der Waals surface area (Å²) in [5.41, 5.74) is 0.223. The van der Waals surface area contributed by atoms with E-state index < -0.39 is 10.9 Å². The van der Waals surface area contributed by atoms with Gasteiger partial charge < -0.3 is 10.0 Å². The van der Waals surface area contributed by atoms with Crippen LogP contribution in [0.15, 0.2) is 22.7 Å². The van der Waals surface area contributed by atoms with Gasteiger partial charge in [0.1, 0.15) is 12.2 Å². The fraction of sp³-hybridized carbons (Fsp3) is 0.417. The van der Waals surface area contributed by atoms with Crippen molar-refractivity contribution in [3.8, 4) is 0 Å². The third-order valence-electron chi connectivity index (χ3n) is 2.39. The molecule has 0 aliphatic heterocycles. The van der Waals surface area contributed by atoms with Crippen LogP contribution < -0.4 is 4.90 Å². The zero-order valence-electron chi connectivity index (χ0n) is 10.7. The first-order valence-corrected chi connectivity index (χ1v) is 6.51. The van der Waals surface area contributed by atoms with Crippen molar-refractivity contribution < 1.29 is 14.8 Å². The summed E-state index contributed by atoms with van der Waals surface area (Å²) in [7, 11) is 0. The highest BCUT2D eigenvalue weighted by Crippen LogP contribution is 2.31. The maximum Gasteiger partial charge on any atom is 0.323 e. The molecule has 104 valence electrons. The quantitative estimate of drug-likeness (QED) is 0.640. The van der Waals surface area contributed by atoms with Crippen molar-refractivity contribution in [3.63, 3.8) is 0 Å². The number of anilines is 1. The van der Waals surface area contributed by atoms with Gasteiger partial charge in [0.05, 0.1) is 4.92 Å². The highest BCUT2D eigenvalue weighted by Gasteiger charge is 2.22. The molecule has 0 unspecified atom stereocenters. The summed E-state index contributed by atoms with van der Waals surface area (Å²) in [5, 5.41) is 20.0. The van der Waals surface area contributed by atoms with Gasteiger partial charge >= 0.3 is 5.97 Å². The van der Waals surface area contributed by atoms with Crippen molar-refractivity contribution in [2.45, 2.75) is 13.8 Å². The predicted molar refractivity (Wildman–Crippen MR) is 75.5 cm³/mol. The van der Waals surface area contributed by atoms with Crippen LogP contribution in [0.25, 0.3) is 0 Å². The lowest BCUT2D eigenvalue weighted by molar-refractivity contribution is -0.384. The number of carboxylic acid groups (broad SMARTS) is 1. The number of hydrogen-bond acceptors (Lipinski definition) is 4. The minimum atomic E-state index is -1.02. The van der Waals surface area contributed by atoms with Gasteiger partial charge in [-0.15, -0.1) is 0 Å². The highest BCUT2D eigenvalue weighted by atomic mass is 79.9. The Labute approximate surface area is 119 Å². The second-order valence-electron chi connectivity index (χ2n) is 4.56. The van der Waals surface area contributed by atoms with Crippen LogP contribution in [-0.2, 0) is 4.79 Å². The van der Waals surface area contributed by atoms with Gasteiger partial charge in [0.2, 0.25) is 0 Å². The lowest BCUT2D eigenvalue weighted by Crippen LogP contribution is -2.33. The number of aliphatic carboxylic acids is 1. The first-order chi connectivity index (χ1) is 8.81. The smallest absolute Gasteiger partial charge is 0.323 e. The minimum Gasteiger partial charge on any atom is -0.480 e. The molecule has 19 heavy (non-hydrogen) atoms. The Morgan fingerprint density at radius 1 is 1.53 bits per heavy atom. The molecule has 0 fully saturated rings. The van der Waals surface area contributed by atoms with Crippen LogP contribution in [0.5, 0.6) is 0 Å². The van der Waals surface area contributed by atoms with E-state index in [4.69, 9.17) is 5.11 Å². The number of carboxylic acids is 1. The summed E-state index contributed by atoms with van der Waals surface area (Å²) in [4.78, 5) is 23.0. The van der Waals surface area contributed by atoms with Gasteiger partial charge in [-0.3, -0.25) is 14.9 Å². The molecular formula is C12H15BrN2O4. The summed E-state index contributed by atoms with van der Waals surface area (Å²) in [6.45, 7) is 4.04. The molecule has 0 radical (unpaired) electrons. The third-order valence-corrected chi connectivity index (χ3v) is 2.88. The Bertz CT molecular complexity index is 491. The molecule has 0 saturated heterocycles. The molecule has 0 aliphatic rings. The lowest BCUT2D eigenvalue weighted by Gasteiger charge is -2.24. The second kappa shape index (κ2) is 6.51. The number of hydrogen-bond donors (Lipinski definition) is 1. The van der Waals surface area contributed by atoms with E-state index in [1.807, 2.05) is 13.8 Å². The van der Waals surface area contributed by atoms with E-state index in [1.54, 1.807) is 12.1 Å². The maximum atomic E-state index is 11.1. The molecule has 0 heterocycles. The molecule has 0 amide bonds. The van der Waals surface area contributed by atoms with Crippen molar-refractivity contribution in [2.75, 3.05) is 18.0 Å². The Morgan fingerprint density at radius 2 is 2.16 bits per heavy atom. The summed E-state index contributed by atoms with van der Waals surface area (Å²) in [6, 6.07) is 4.61. The van der Waals surface area contributed by atoms with E-state index >= 15 is 0 Å². The maximum absolute atomic E-state index is 11.1. The molecule has 0 atom stereocenters. The van der Waals surface area contributed by atoms with Crippen molar-refractivity contribution in [2.24, 2.45) is 5.92 Å². The predicted octanol–water partition coefficient (Wildman–Crippen LogP) is 2.90. The monoisotopic (exact) mass is 330 g/mol. The Balaban J connectivity index is 3.20. The number of nitrogens with zero attached hydrogens (tertiary/aromatic N) is 2. The van der Waals surface area contributed by atoms with Crippen LogP contribution in [-0.4, -0.2) is 29.1 Å². The second-order valence-corrected chi connectivity index (χ2v) is 5.47. The normalized spacial score (nSPS) is 10.5. The first kappa shape index (κ1) is 15.4. The molecule has 1 N–H and O–H groups in total. The summed E-state index contributed by atoms with van der Waals surface area (Å²) < 4.78 is 0.586. The van der Waals surface area contributed by atoms with E-state index in [9.17, 15) is 14.9 Å². The van der Waals surface area contributed by atoms with Gasteiger partial charge in [0.25, 0.3) is 5.69 Å². The molecule has 0 aliphatic carbocycles. The van der Waals surface area contributed by atoms with Gasteiger partial charge in [0, 0.05) is 17.1 Å². The Kier molecular flexibility index (Phi) is 5.29. The highest BCUT2D eigenvalue weighted by molar-refractivity contribution is 9.10. The number of nitro benzene ring substituents is 1. The van der Waals surface area contributed by atoms with Gasteiger partial charge in [-0.1, -0.05) is 29.8 Å². The summed E-state index contributed by atoms with van der Waals surface area (Å²) >= 11 is 3.18. The fourth-order valence-electron chi connectivity index (χ4n) is 1.76. The van der Waals surface area contributed by atoms with E-state index in [2.05, 4.69) is 15.9 Å². The van der Waals surface area contributed by atoms with E-state index in [1.165, 1.54) is 11.0 Å². The zero-order chi connectivity index (χ0) is 14.6. The largest absolute Gasteiger partial charge is 0.480 e. The van der Waals surface area contributed by atoms with Gasteiger partial charge in [-0.05, 0) is 18.1 Å². The molecule has 7 heteroatoms. The van der Waals surface area contributed by atoms with Crippen molar-refractivity contribution in [3.05, 3.63) is 32.8 Å². The van der Waals surface area contributed by atoms with Crippen LogP contribution in [0.3, 0.4) is 0 Å². The number of rotatable bonds is 6. The molecule has 1 aromatic rings. The minimum absolute atomic E-state index is 0.101. The summed E-state index contributed by atoms with van der Waals surface area (Å²) in [5.74, 6) is -0.819. The van der Waals surface area contributed by atoms with E-state index in [-0.39, 0.29) is 18.2 Å². The summed E-state index contributed by atoms with van der Waals surface area (Å²) in [6.07, 6.45) is 0. The van der Waals surface area contributed by atoms with E-state index in [0.29, 0.717) is 16.7 Å². The standard InChI is InChI=1S/C12H15BrN2O4/c1-8(2)6-14(7-12(16)17)10-4-3-9(13)5-11(10)15(18)19/h3-5,8H,6-7H2,1-2H3,(H,16,17). The van der Waals surface area contributed by atoms with Gasteiger partial charge in [-0.2, -0.15) is 0 Å². The third kappa shape index (κ3) is 4.51. The van der Waals surface area contributed by atoms with Crippen LogP contribution in [0.2, 0.25) is 0 Å². The van der Waals surface area contributed by atoms with Crippen molar-refractivity contribution >= 4 is 33.3 Å².